The van der Waals surface area contributed by atoms with Crippen LogP contribution in [0, 0.1) is 0 Å². The van der Waals surface area contributed by atoms with Crippen LogP contribution in [0.1, 0.15) is 58.8 Å². The van der Waals surface area contributed by atoms with Crippen LogP contribution < -0.4 is 0 Å². The lowest BCUT2D eigenvalue weighted by Crippen LogP contribution is -2.15. The summed E-state index contributed by atoms with van der Waals surface area (Å²) in [6, 6.07) is 0. The Bertz CT molecular complexity index is 182. The van der Waals surface area contributed by atoms with Crippen LogP contribution in [0.15, 0.2) is 11.1 Å². The molecule has 0 radical (unpaired) electrons. The molecule has 1 atom stereocenters. The van der Waals surface area contributed by atoms with E-state index in [1.165, 1.54) is 25.7 Å². The van der Waals surface area contributed by atoms with Crippen LogP contribution in [-0.4, -0.2) is 11.2 Å². The molecule has 1 unspecified atom stereocenters. The Balaban J connectivity index is 2.62. The molecule has 0 aliphatic heterocycles. The lowest BCUT2D eigenvalue weighted by molar-refractivity contribution is 0.156. The number of aliphatic hydroxyl groups excluding tert-OH is 1. The number of allylic oxidation sites excluding steroid dienone is 1. The summed E-state index contributed by atoms with van der Waals surface area (Å²) in [5, 5.41) is 9.56. The van der Waals surface area contributed by atoms with Gasteiger partial charge in [-0.3, -0.25) is 0 Å². The van der Waals surface area contributed by atoms with Crippen LogP contribution in [0.2, 0.25) is 0 Å². The Labute approximate surface area is 81.9 Å². The summed E-state index contributed by atoms with van der Waals surface area (Å²) in [4.78, 5) is 0. The highest BCUT2D eigenvalue weighted by Gasteiger charge is 2.17. The molecule has 1 nitrogen and oxygen atoms in total. The van der Waals surface area contributed by atoms with Crippen molar-refractivity contribution in [3.05, 3.63) is 11.1 Å². The molecule has 0 saturated heterocycles. The molecule has 1 aliphatic carbocycles. The van der Waals surface area contributed by atoms with E-state index in [0.29, 0.717) is 0 Å². The van der Waals surface area contributed by atoms with Crippen molar-refractivity contribution >= 4 is 0 Å². The zero-order chi connectivity index (χ0) is 9.68. The van der Waals surface area contributed by atoms with Crippen molar-refractivity contribution in [1.29, 1.82) is 0 Å². The third-order valence-electron chi connectivity index (χ3n) is 2.86. The summed E-state index contributed by atoms with van der Waals surface area (Å²) in [5.74, 6) is 0. The number of hydrogen-bond donors (Lipinski definition) is 1. The lowest BCUT2D eigenvalue weighted by atomic mass is 9.85. The third kappa shape index (κ3) is 3.15. The maximum absolute atomic E-state index is 9.56. The molecule has 1 aliphatic rings. The average Bonchev–Trinajstić information content (AvgIpc) is 2.10. The standard InChI is InChI=1S/C12H22O/c1-3-5-10-7-8-12(13)9-11(10)6-4-2/h12-13H,3-9H2,1-2H3. The van der Waals surface area contributed by atoms with E-state index < -0.39 is 0 Å². The second-order valence-corrected chi connectivity index (χ2v) is 4.10. The van der Waals surface area contributed by atoms with E-state index in [1.807, 2.05) is 0 Å². The molecule has 0 spiro atoms. The molecule has 1 rings (SSSR count). The van der Waals surface area contributed by atoms with E-state index in [2.05, 4.69) is 13.8 Å². The van der Waals surface area contributed by atoms with Gasteiger partial charge in [0, 0.05) is 0 Å². The first-order valence-corrected chi connectivity index (χ1v) is 5.65. The fourth-order valence-corrected chi connectivity index (χ4v) is 2.23. The molecule has 0 saturated carbocycles. The number of aliphatic hydroxyl groups is 1. The van der Waals surface area contributed by atoms with Crippen molar-refractivity contribution < 1.29 is 5.11 Å². The Morgan fingerprint density at radius 3 is 2.38 bits per heavy atom. The second kappa shape index (κ2) is 5.43. The van der Waals surface area contributed by atoms with E-state index in [1.54, 1.807) is 11.1 Å². The van der Waals surface area contributed by atoms with Crippen molar-refractivity contribution in [1.82, 2.24) is 0 Å². The zero-order valence-electron chi connectivity index (χ0n) is 8.97. The Morgan fingerprint density at radius 1 is 1.15 bits per heavy atom. The summed E-state index contributed by atoms with van der Waals surface area (Å²) < 4.78 is 0. The average molecular weight is 182 g/mol. The van der Waals surface area contributed by atoms with Gasteiger partial charge in [0.2, 0.25) is 0 Å². The Morgan fingerprint density at radius 2 is 1.77 bits per heavy atom. The van der Waals surface area contributed by atoms with Gasteiger partial charge in [-0.25, -0.2) is 0 Å². The Hall–Kier alpha value is -0.300. The van der Waals surface area contributed by atoms with Crippen LogP contribution in [0.5, 0.6) is 0 Å². The first-order chi connectivity index (χ1) is 6.27. The Kier molecular flexibility index (Phi) is 4.51. The first kappa shape index (κ1) is 10.8. The summed E-state index contributed by atoms with van der Waals surface area (Å²) in [6.45, 7) is 4.46. The topological polar surface area (TPSA) is 20.2 Å². The normalized spacial score (nSPS) is 23.8. The molecule has 0 fully saturated rings. The van der Waals surface area contributed by atoms with Gasteiger partial charge >= 0.3 is 0 Å². The molecular formula is C12H22O. The van der Waals surface area contributed by atoms with Gasteiger partial charge in [0.1, 0.15) is 0 Å². The summed E-state index contributed by atoms with van der Waals surface area (Å²) in [6.07, 6.45) is 7.94. The number of rotatable bonds is 4. The van der Waals surface area contributed by atoms with Gasteiger partial charge < -0.3 is 5.11 Å². The molecule has 1 N–H and O–H groups in total. The predicted molar refractivity (Wildman–Crippen MR) is 56.7 cm³/mol. The smallest absolute Gasteiger partial charge is 0.0580 e. The number of hydrogen-bond acceptors (Lipinski definition) is 1. The van der Waals surface area contributed by atoms with Gasteiger partial charge in [0.05, 0.1) is 6.10 Å². The molecule has 1 heteroatoms. The molecule has 0 amide bonds. The van der Waals surface area contributed by atoms with E-state index in [0.717, 1.165) is 19.3 Å². The van der Waals surface area contributed by atoms with E-state index in [9.17, 15) is 5.11 Å². The van der Waals surface area contributed by atoms with Crippen molar-refractivity contribution in [3.8, 4) is 0 Å². The van der Waals surface area contributed by atoms with Gasteiger partial charge in [-0.1, -0.05) is 37.8 Å². The van der Waals surface area contributed by atoms with Gasteiger partial charge in [-0.05, 0) is 32.1 Å². The molecule has 76 valence electrons. The fraction of sp³-hybridized carbons (Fsp3) is 0.833. The largest absolute Gasteiger partial charge is 0.393 e. The summed E-state index contributed by atoms with van der Waals surface area (Å²) >= 11 is 0. The van der Waals surface area contributed by atoms with Gasteiger partial charge in [-0.2, -0.15) is 0 Å². The first-order valence-electron chi connectivity index (χ1n) is 5.65. The van der Waals surface area contributed by atoms with Crippen LogP contribution in [0.3, 0.4) is 0 Å². The van der Waals surface area contributed by atoms with Gasteiger partial charge in [0.15, 0.2) is 0 Å². The van der Waals surface area contributed by atoms with Crippen molar-refractivity contribution in [2.45, 2.75) is 64.9 Å². The molecule has 0 aromatic carbocycles. The highest BCUT2D eigenvalue weighted by atomic mass is 16.3. The summed E-state index contributed by atoms with van der Waals surface area (Å²) in [5.41, 5.74) is 3.21. The molecule has 13 heavy (non-hydrogen) atoms. The minimum atomic E-state index is -0.0536. The zero-order valence-corrected chi connectivity index (χ0v) is 8.97. The lowest BCUT2D eigenvalue weighted by Gasteiger charge is -2.24. The van der Waals surface area contributed by atoms with Crippen LogP contribution in [0.4, 0.5) is 0 Å². The molecule has 0 aromatic heterocycles. The van der Waals surface area contributed by atoms with Crippen LogP contribution in [0.25, 0.3) is 0 Å². The SMILES string of the molecule is CCCC1=C(CCC)CC(O)CC1. The minimum Gasteiger partial charge on any atom is -0.393 e. The van der Waals surface area contributed by atoms with Crippen molar-refractivity contribution in [2.75, 3.05) is 0 Å². The van der Waals surface area contributed by atoms with Crippen molar-refractivity contribution in [3.63, 3.8) is 0 Å². The third-order valence-corrected chi connectivity index (χ3v) is 2.86. The highest BCUT2D eigenvalue weighted by Crippen LogP contribution is 2.30. The monoisotopic (exact) mass is 182 g/mol. The maximum Gasteiger partial charge on any atom is 0.0580 e. The van der Waals surface area contributed by atoms with Gasteiger partial charge in [-0.15, -0.1) is 0 Å². The molecule has 0 heterocycles. The van der Waals surface area contributed by atoms with E-state index >= 15 is 0 Å². The molecular weight excluding hydrogens is 160 g/mol. The van der Waals surface area contributed by atoms with Crippen LogP contribution >= 0.6 is 0 Å². The quantitative estimate of drug-likeness (QED) is 0.660. The summed E-state index contributed by atoms with van der Waals surface area (Å²) in [7, 11) is 0. The maximum atomic E-state index is 9.56. The predicted octanol–water partition coefficient (Wildman–Crippen LogP) is 3.43. The molecule has 0 aromatic rings. The highest BCUT2D eigenvalue weighted by molar-refractivity contribution is 5.18. The second-order valence-electron chi connectivity index (χ2n) is 4.10. The van der Waals surface area contributed by atoms with E-state index in [-0.39, 0.29) is 6.10 Å². The van der Waals surface area contributed by atoms with E-state index in [4.69, 9.17) is 0 Å². The van der Waals surface area contributed by atoms with Crippen molar-refractivity contribution in [2.24, 2.45) is 0 Å². The fourth-order valence-electron chi connectivity index (χ4n) is 2.23. The minimum absolute atomic E-state index is 0.0536. The van der Waals surface area contributed by atoms with Gasteiger partial charge in [0.25, 0.3) is 0 Å². The van der Waals surface area contributed by atoms with Crippen LogP contribution in [-0.2, 0) is 0 Å². The molecule has 0 bridgehead atoms.